The van der Waals surface area contributed by atoms with Gasteiger partial charge in [0, 0.05) is 32.2 Å². The molecule has 3 N–H and O–H groups in total. The van der Waals surface area contributed by atoms with Crippen LogP contribution in [0.3, 0.4) is 0 Å². The second kappa shape index (κ2) is 12.3. The monoisotopic (exact) mass is 476 g/mol. The Hall–Kier alpha value is -1.06. The Kier molecular flexibility index (Phi) is 10.9. The van der Waals surface area contributed by atoms with Crippen LogP contribution in [0.1, 0.15) is 26.3 Å². The van der Waals surface area contributed by atoms with Crippen molar-refractivity contribution in [3.8, 4) is 5.75 Å². The number of hydrogen-bond acceptors (Lipinski definition) is 4. The van der Waals surface area contributed by atoms with E-state index in [1.165, 1.54) is 0 Å². The summed E-state index contributed by atoms with van der Waals surface area (Å²) in [5, 5.41) is 16.2. The van der Waals surface area contributed by atoms with Gasteiger partial charge in [0.25, 0.3) is 0 Å². The van der Waals surface area contributed by atoms with Gasteiger partial charge in [0.2, 0.25) is 0 Å². The zero-order chi connectivity index (χ0) is 18.1. The van der Waals surface area contributed by atoms with Crippen molar-refractivity contribution in [2.45, 2.75) is 33.4 Å². The molecular weight excluding hydrogens is 443 g/mol. The first-order valence-electron chi connectivity index (χ1n) is 9.22. The second-order valence-corrected chi connectivity index (χ2v) is 6.70. The number of ether oxygens (including phenoxy) is 1. The minimum Gasteiger partial charge on any atom is -0.508 e. The molecule has 1 unspecified atom stereocenters. The Morgan fingerprint density at radius 1 is 1.19 bits per heavy atom. The minimum absolute atomic E-state index is 0. The van der Waals surface area contributed by atoms with E-state index in [9.17, 15) is 5.11 Å². The molecule has 0 spiro atoms. The SMILES string of the molecule is CCNC(=NCc1ccc(O)cc1)NCC(C(C)C)N1CCOCC1.I. The maximum absolute atomic E-state index is 9.37. The van der Waals surface area contributed by atoms with E-state index in [0.717, 1.165) is 50.9 Å². The normalized spacial score (nSPS) is 16.8. The summed E-state index contributed by atoms with van der Waals surface area (Å²) in [7, 11) is 0. The Bertz CT molecular complexity index is 531. The Morgan fingerprint density at radius 3 is 2.42 bits per heavy atom. The zero-order valence-corrected chi connectivity index (χ0v) is 18.4. The summed E-state index contributed by atoms with van der Waals surface area (Å²) in [6.07, 6.45) is 0. The van der Waals surface area contributed by atoms with E-state index in [2.05, 4.69) is 41.3 Å². The summed E-state index contributed by atoms with van der Waals surface area (Å²) in [5.74, 6) is 1.67. The van der Waals surface area contributed by atoms with Crippen LogP contribution in [0.2, 0.25) is 0 Å². The van der Waals surface area contributed by atoms with Gasteiger partial charge in [-0.15, -0.1) is 24.0 Å². The van der Waals surface area contributed by atoms with E-state index in [-0.39, 0.29) is 29.7 Å². The van der Waals surface area contributed by atoms with Gasteiger partial charge in [-0.3, -0.25) is 4.90 Å². The highest BCUT2D eigenvalue weighted by Gasteiger charge is 2.23. The molecular formula is C19H33IN4O2. The molecule has 1 fully saturated rings. The van der Waals surface area contributed by atoms with Crippen LogP contribution in [0.15, 0.2) is 29.3 Å². The highest BCUT2D eigenvalue weighted by molar-refractivity contribution is 14.0. The quantitative estimate of drug-likeness (QED) is 0.321. The molecule has 0 saturated carbocycles. The number of hydrogen-bond donors (Lipinski definition) is 3. The molecule has 0 bridgehead atoms. The number of nitrogens with one attached hydrogen (secondary N) is 2. The van der Waals surface area contributed by atoms with Crippen molar-refractivity contribution in [2.75, 3.05) is 39.4 Å². The molecule has 1 saturated heterocycles. The highest BCUT2D eigenvalue weighted by atomic mass is 127. The largest absolute Gasteiger partial charge is 0.508 e. The number of halogens is 1. The van der Waals surface area contributed by atoms with Crippen LogP contribution in [0.25, 0.3) is 0 Å². The van der Waals surface area contributed by atoms with E-state index >= 15 is 0 Å². The van der Waals surface area contributed by atoms with Gasteiger partial charge in [0.1, 0.15) is 5.75 Å². The Morgan fingerprint density at radius 2 is 1.85 bits per heavy atom. The number of aromatic hydroxyl groups is 1. The number of nitrogens with zero attached hydrogens (tertiary/aromatic N) is 2. The average molecular weight is 476 g/mol. The van der Waals surface area contributed by atoms with E-state index in [1.807, 2.05) is 12.1 Å². The molecule has 7 heteroatoms. The molecule has 6 nitrogen and oxygen atoms in total. The summed E-state index contributed by atoms with van der Waals surface area (Å²) < 4.78 is 5.47. The topological polar surface area (TPSA) is 69.1 Å². The van der Waals surface area contributed by atoms with Gasteiger partial charge in [-0.25, -0.2) is 4.99 Å². The van der Waals surface area contributed by atoms with Crippen LogP contribution in [0, 0.1) is 5.92 Å². The van der Waals surface area contributed by atoms with Gasteiger partial charge in [-0.1, -0.05) is 26.0 Å². The Labute approximate surface area is 174 Å². The highest BCUT2D eigenvalue weighted by Crippen LogP contribution is 2.12. The van der Waals surface area contributed by atoms with Crippen molar-refractivity contribution in [1.29, 1.82) is 0 Å². The molecule has 0 radical (unpaired) electrons. The lowest BCUT2D eigenvalue weighted by atomic mass is 10.0. The average Bonchev–Trinajstić information content (AvgIpc) is 2.61. The van der Waals surface area contributed by atoms with Gasteiger partial charge in [-0.2, -0.15) is 0 Å². The van der Waals surface area contributed by atoms with Crippen molar-refractivity contribution in [1.82, 2.24) is 15.5 Å². The summed E-state index contributed by atoms with van der Waals surface area (Å²) in [4.78, 5) is 7.16. The molecule has 1 heterocycles. The summed E-state index contributed by atoms with van der Waals surface area (Å²) >= 11 is 0. The number of guanidine groups is 1. The number of benzene rings is 1. The molecule has 1 atom stereocenters. The first kappa shape index (κ1) is 23.0. The second-order valence-electron chi connectivity index (χ2n) is 6.70. The van der Waals surface area contributed by atoms with Crippen LogP contribution in [-0.4, -0.2) is 61.4 Å². The third-order valence-corrected chi connectivity index (χ3v) is 4.46. The lowest BCUT2D eigenvalue weighted by Crippen LogP contribution is -2.52. The number of phenols is 1. The predicted molar refractivity (Wildman–Crippen MR) is 117 cm³/mol. The van der Waals surface area contributed by atoms with Gasteiger partial charge in [-0.05, 0) is 30.5 Å². The van der Waals surface area contributed by atoms with Crippen molar-refractivity contribution in [3.63, 3.8) is 0 Å². The fourth-order valence-corrected chi connectivity index (χ4v) is 3.01. The molecule has 26 heavy (non-hydrogen) atoms. The van der Waals surface area contributed by atoms with E-state index in [1.54, 1.807) is 12.1 Å². The maximum Gasteiger partial charge on any atom is 0.191 e. The molecule has 0 aliphatic carbocycles. The molecule has 1 aliphatic heterocycles. The number of phenolic OH excluding ortho intramolecular Hbond substituents is 1. The maximum atomic E-state index is 9.37. The first-order chi connectivity index (χ1) is 12.1. The standard InChI is InChI=1S/C19H32N4O2.HI/c1-4-20-19(21-13-16-5-7-17(24)8-6-16)22-14-18(15(2)3)23-9-11-25-12-10-23;/h5-8,15,18,24H,4,9-14H2,1-3H3,(H2,20,21,22);1H. The zero-order valence-electron chi connectivity index (χ0n) is 16.1. The first-order valence-corrected chi connectivity index (χ1v) is 9.22. The van der Waals surface area contributed by atoms with Crippen LogP contribution < -0.4 is 10.6 Å². The van der Waals surface area contributed by atoms with Gasteiger partial charge in [0.15, 0.2) is 5.96 Å². The molecule has 2 rings (SSSR count). The third kappa shape index (κ3) is 7.67. The molecule has 0 amide bonds. The van der Waals surface area contributed by atoms with E-state index in [0.29, 0.717) is 18.5 Å². The molecule has 1 aromatic carbocycles. The third-order valence-electron chi connectivity index (χ3n) is 4.46. The smallest absolute Gasteiger partial charge is 0.191 e. The summed E-state index contributed by atoms with van der Waals surface area (Å²) in [5.41, 5.74) is 1.07. The number of aliphatic imine (C=N–C) groups is 1. The number of rotatable bonds is 7. The van der Waals surface area contributed by atoms with Crippen LogP contribution in [0.5, 0.6) is 5.75 Å². The molecule has 1 aromatic rings. The lowest BCUT2D eigenvalue weighted by Gasteiger charge is -2.37. The Balaban J connectivity index is 0.00000338. The van der Waals surface area contributed by atoms with Crippen LogP contribution >= 0.6 is 24.0 Å². The van der Waals surface area contributed by atoms with Gasteiger partial charge >= 0.3 is 0 Å². The van der Waals surface area contributed by atoms with E-state index in [4.69, 9.17) is 4.74 Å². The predicted octanol–water partition coefficient (Wildman–Crippen LogP) is 2.42. The lowest BCUT2D eigenvalue weighted by molar-refractivity contribution is 0.00752. The van der Waals surface area contributed by atoms with Crippen molar-refractivity contribution >= 4 is 29.9 Å². The minimum atomic E-state index is 0. The number of morpholine rings is 1. The molecule has 1 aliphatic rings. The van der Waals surface area contributed by atoms with E-state index < -0.39 is 0 Å². The fourth-order valence-electron chi connectivity index (χ4n) is 3.01. The molecule has 148 valence electrons. The van der Waals surface area contributed by atoms with Crippen LogP contribution in [0.4, 0.5) is 0 Å². The van der Waals surface area contributed by atoms with Gasteiger partial charge < -0.3 is 20.5 Å². The summed E-state index contributed by atoms with van der Waals surface area (Å²) in [6.45, 7) is 12.5. The van der Waals surface area contributed by atoms with Crippen LogP contribution in [-0.2, 0) is 11.3 Å². The van der Waals surface area contributed by atoms with Crippen molar-refractivity contribution < 1.29 is 9.84 Å². The van der Waals surface area contributed by atoms with Crippen molar-refractivity contribution in [2.24, 2.45) is 10.9 Å². The summed E-state index contributed by atoms with van der Waals surface area (Å²) in [6, 6.07) is 7.64. The fraction of sp³-hybridized carbons (Fsp3) is 0.632. The van der Waals surface area contributed by atoms with Gasteiger partial charge in [0.05, 0.1) is 19.8 Å². The van der Waals surface area contributed by atoms with Crippen molar-refractivity contribution in [3.05, 3.63) is 29.8 Å². The molecule has 0 aromatic heterocycles.